The molecular formula is C12H16BrClN2O2S. The Bertz CT molecular complexity index is 543. The van der Waals surface area contributed by atoms with Crippen LogP contribution in [0.5, 0.6) is 0 Å². The molecule has 0 bridgehead atoms. The van der Waals surface area contributed by atoms with Crippen LogP contribution < -0.4 is 0 Å². The van der Waals surface area contributed by atoms with Gasteiger partial charge in [0.25, 0.3) is 0 Å². The van der Waals surface area contributed by atoms with E-state index in [1.54, 1.807) is 0 Å². The number of hydrogen-bond donors (Lipinski definition) is 0. The van der Waals surface area contributed by atoms with E-state index in [-0.39, 0.29) is 10.0 Å². The number of hydrogen-bond acceptors (Lipinski definition) is 3. The molecule has 1 saturated heterocycles. The maximum Gasteiger partial charge on any atom is 0.246 e. The number of aromatic nitrogens is 1. The Morgan fingerprint density at radius 3 is 2.37 bits per heavy atom. The second-order valence-electron chi connectivity index (χ2n) is 4.61. The standard InChI is InChI=1S/C12H16BrClN2O2S/c13-10-8-11(12(14)15-9-10)19(17,18)16-6-4-2-1-3-5-7-16/h8-9H,1-7H2. The third-order valence-electron chi connectivity index (χ3n) is 3.21. The topological polar surface area (TPSA) is 50.3 Å². The Hall–Kier alpha value is -0.170. The summed E-state index contributed by atoms with van der Waals surface area (Å²) in [7, 11) is -3.55. The number of rotatable bonds is 2. The lowest BCUT2D eigenvalue weighted by molar-refractivity contribution is 0.364. The largest absolute Gasteiger partial charge is 0.246 e. The highest BCUT2D eigenvalue weighted by atomic mass is 79.9. The molecule has 0 radical (unpaired) electrons. The molecule has 2 rings (SSSR count). The van der Waals surface area contributed by atoms with Gasteiger partial charge in [0.1, 0.15) is 10.0 Å². The summed E-state index contributed by atoms with van der Waals surface area (Å²) in [6.45, 7) is 1.12. The molecule has 0 spiro atoms. The molecule has 0 aliphatic carbocycles. The van der Waals surface area contributed by atoms with Crippen molar-refractivity contribution >= 4 is 37.6 Å². The van der Waals surface area contributed by atoms with E-state index < -0.39 is 10.0 Å². The van der Waals surface area contributed by atoms with Crippen LogP contribution in [-0.4, -0.2) is 30.8 Å². The van der Waals surface area contributed by atoms with Gasteiger partial charge in [-0.25, -0.2) is 13.4 Å². The van der Waals surface area contributed by atoms with E-state index in [0.717, 1.165) is 25.7 Å². The first kappa shape index (κ1) is 15.2. The van der Waals surface area contributed by atoms with Crippen molar-refractivity contribution in [3.05, 3.63) is 21.9 Å². The van der Waals surface area contributed by atoms with Crippen molar-refractivity contribution in [3.8, 4) is 0 Å². The van der Waals surface area contributed by atoms with Gasteiger partial charge >= 0.3 is 0 Å². The summed E-state index contributed by atoms with van der Waals surface area (Å²) in [6, 6.07) is 1.52. The lowest BCUT2D eigenvalue weighted by Gasteiger charge is -2.24. The molecule has 4 nitrogen and oxygen atoms in total. The Morgan fingerprint density at radius 2 is 1.74 bits per heavy atom. The van der Waals surface area contributed by atoms with Crippen LogP contribution in [0.1, 0.15) is 32.1 Å². The zero-order chi connectivity index (χ0) is 13.9. The van der Waals surface area contributed by atoms with E-state index in [1.807, 2.05) is 0 Å². The molecule has 1 aromatic heterocycles. The maximum absolute atomic E-state index is 12.6. The Labute approximate surface area is 127 Å². The predicted molar refractivity (Wildman–Crippen MR) is 78.8 cm³/mol. The Balaban J connectivity index is 2.31. The fraction of sp³-hybridized carbons (Fsp3) is 0.583. The van der Waals surface area contributed by atoms with Crippen molar-refractivity contribution in [3.63, 3.8) is 0 Å². The van der Waals surface area contributed by atoms with Crippen LogP contribution in [0.2, 0.25) is 5.15 Å². The molecule has 1 fully saturated rings. The third kappa shape index (κ3) is 3.68. The van der Waals surface area contributed by atoms with Crippen LogP contribution in [-0.2, 0) is 10.0 Å². The third-order valence-corrected chi connectivity index (χ3v) is 5.97. The summed E-state index contributed by atoms with van der Waals surface area (Å²) in [5.41, 5.74) is 0. The molecule has 0 saturated carbocycles. The Kier molecular flexibility index (Phi) is 5.22. The van der Waals surface area contributed by atoms with Crippen LogP contribution >= 0.6 is 27.5 Å². The first-order valence-corrected chi connectivity index (χ1v) is 8.94. The molecule has 1 aliphatic rings. The molecule has 0 amide bonds. The van der Waals surface area contributed by atoms with Crippen molar-refractivity contribution in [2.45, 2.75) is 37.0 Å². The summed E-state index contributed by atoms with van der Waals surface area (Å²) in [5, 5.41) is 0.0326. The van der Waals surface area contributed by atoms with Gasteiger partial charge in [-0.2, -0.15) is 4.31 Å². The average molecular weight is 368 g/mol. The monoisotopic (exact) mass is 366 g/mol. The van der Waals surface area contributed by atoms with Gasteiger partial charge in [0.2, 0.25) is 10.0 Å². The van der Waals surface area contributed by atoms with Crippen LogP contribution in [0.3, 0.4) is 0 Å². The highest BCUT2D eigenvalue weighted by Gasteiger charge is 2.27. The molecule has 1 aromatic rings. The fourth-order valence-electron chi connectivity index (χ4n) is 2.18. The summed E-state index contributed by atoms with van der Waals surface area (Å²) in [5.74, 6) is 0. The van der Waals surface area contributed by atoms with Gasteiger partial charge in [-0.05, 0) is 34.8 Å². The molecule has 19 heavy (non-hydrogen) atoms. The summed E-state index contributed by atoms with van der Waals surface area (Å²) < 4.78 is 27.4. The minimum Gasteiger partial charge on any atom is -0.242 e. The van der Waals surface area contributed by atoms with Crippen molar-refractivity contribution in [1.82, 2.24) is 9.29 Å². The number of sulfonamides is 1. The second-order valence-corrected chi connectivity index (χ2v) is 7.79. The first-order chi connectivity index (χ1) is 9.01. The van der Waals surface area contributed by atoms with Crippen molar-refractivity contribution in [1.29, 1.82) is 0 Å². The van der Waals surface area contributed by atoms with E-state index in [1.165, 1.54) is 23.0 Å². The smallest absolute Gasteiger partial charge is 0.242 e. The molecular weight excluding hydrogens is 352 g/mol. The lowest BCUT2D eigenvalue weighted by atomic mass is 10.1. The van der Waals surface area contributed by atoms with Gasteiger partial charge in [0.05, 0.1) is 0 Å². The molecule has 106 valence electrons. The number of pyridine rings is 1. The van der Waals surface area contributed by atoms with E-state index in [0.29, 0.717) is 17.6 Å². The second kappa shape index (κ2) is 6.52. The number of halogens is 2. The van der Waals surface area contributed by atoms with E-state index >= 15 is 0 Å². The van der Waals surface area contributed by atoms with Gasteiger partial charge in [0, 0.05) is 23.8 Å². The molecule has 0 atom stereocenters. The summed E-state index contributed by atoms with van der Waals surface area (Å²) >= 11 is 9.17. The van der Waals surface area contributed by atoms with Gasteiger partial charge in [0.15, 0.2) is 0 Å². The van der Waals surface area contributed by atoms with Crippen LogP contribution in [0.4, 0.5) is 0 Å². The minimum atomic E-state index is -3.55. The van der Waals surface area contributed by atoms with Crippen LogP contribution in [0.15, 0.2) is 21.6 Å². The van der Waals surface area contributed by atoms with Gasteiger partial charge < -0.3 is 0 Å². The molecule has 1 aliphatic heterocycles. The highest BCUT2D eigenvalue weighted by Crippen LogP contribution is 2.27. The minimum absolute atomic E-state index is 0.0326. The van der Waals surface area contributed by atoms with Gasteiger partial charge in [-0.1, -0.05) is 30.9 Å². The quantitative estimate of drug-likeness (QED) is 0.752. The van der Waals surface area contributed by atoms with Crippen molar-refractivity contribution in [2.24, 2.45) is 0 Å². The zero-order valence-electron chi connectivity index (χ0n) is 10.5. The molecule has 0 N–H and O–H groups in total. The van der Waals surface area contributed by atoms with E-state index in [2.05, 4.69) is 20.9 Å². The van der Waals surface area contributed by atoms with Crippen molar-refractivity contribution in [2.75, 3.05) is 13.1 Å². The predicted octanol–water partition coefficient (Wildman–Crippen LogP) is 3.45. The maximum atomic E-state index is 12.6. The van der Waals surface area contributed by atoms with Crippen molar-refractivity contribution < 1.29 is 8.42 Å². The summed E-state index contributed by atoms with van der Waals surface area (Å²) in [4.78, 5) is 3.98. The molecule has 2 heterocycles. The lowest BCUT2D eigenvalue weighted by Crippen LogP contribution is -2.34. The van der Waals surface area contributed by atoms with Crippen LogP contribution in [0.25, 0.3) is 0 Å². The van der Waals surface area contributed by atoms with Gasteiger partial charge in [-0.3, -0.25) is 0 Å². The Morgan fingerprint density at radius 1 is 1.16 bits per heavy atom. The number of nitrogens with zero attached hydrogens (tertiary/aromatic N) is 2. The normalized spacial score (nSPS) is 18.8. The highest BCUT2D eigenvalue weighted by molar-refractivity contribution is 9.10. The molecule has 7 heteroatoms. The van der Waals surface area contributed by atoms with E-state index in [9.17, 15) is 8.42 Å². The molecule has 0 unspecified atom stereocenters. The first-order valence-electron chi connectivity index (χ1n) is 6.33. The summed E-state index contributed by atoms with van der Waals surface area (Å²) in [6.07, 6.45) is 6.64. The zero-order valence-corrected chi connectivity index (χ0v) is 13.6. The fourth-order valence-corrected chi connectivity index (χ4v) is 4.62. The van der Waals surface area contributed by atoms with Crippen LogP contribution in [0, 0.1) is 0 Å². The average Bonchev–Trinajstić information content (AvgIpc) is 2.31. The molecule has 0 aromatic carbocycles. The van der Waals surface area contributed by atoms with Gasteiger partial charge in [-0.15, -0.1) is 0 Å². The SMILES string of the molecule is O=S(=O)(c1cc(Br)cnc1Cl)N1CCCCCCC1. The van der Waals surface area contributed by atoms with E-state index in [4.69, 9.17) is 11.6 Å².